The number of ether oxygens (including phenoxy) is 1. The molecule has 0 aliphatic carbocycles. The van der Waals surface area contributed by atoms with Gasteiger partial charge in [-0.25, -0.2) is 4.79 Å². The van der Waals surface area contributed by atoms with E-state index < -0.39 is 0 Å². The van der Waals surface area contributed by atoms with Crippen LogP contribution in [0.15, 0.2) is 24.3 Å². The van der Waals surface area contributed by atoms with Crippen molar-refractivity contribution in [3.8, 4) is 0 Å². The Bertz CT molecular complexity index is 606. The smallest absolute Gasteiger partial charge is 0.315 e. The Kier molecular flexibility index (Phi) is 6.20. The molecule has 1 aromatic carbocycles. The molecule has 0 saturated carbocycles. The van der Waals surface area contributed by atoms with Crippen LogP contribution in [0.4, 0.5) is 4.79 Å². The van der Waals surface area contributed by atoms with Crippen LogP contribution in [0.1, 0.15) is 44.7 Å². The highest BCUT2D eigenvalue weighted by molar-refractivity contribution is 5.74. The monoisotopic (exact) mass is 359 g/mol. The van der Waals surface area contributed by atoms with Gasteiger partial charge in [0.1, 0.15) is 0 Å². The molecule has 0 radical (unpaired) electrons. The molecule has 0 aromatic heterocycles. The minimum absolute atomic E-state index is 0.00182. The molecule has 1 fully saturated rings. The lowest BCUT2D eigenvalue weighted by molar-refractivity contribution is 0.110. The summed E-state index contributed by atoms with van der Waals surface area (Å²) in [4.78, 5) is 14.9. The first-order valence-electron chi connectivity index (χ1n) is 9.87. The summed E-state index contributed by atoms with van der Waals surface area (Å²) in [5.74, 6) is 0. The topological polar surface area (TPSA) is 53.6 Å². The van der Waals surface area contributed by atoms with Crippen molar-refractivity contribution in [2.24, 2.45) is 5.41 Å². The number of fused-ring (bicyclic) bond motifs is 1. The average Bonchev–Trinajstić information content (AvgIpc) is 3.12. The first-order chi connectivity index (χ1) is 12.4. The van der Waals surface area contributed by atoms with Crippen LogP contribution in [0.2, 0.25) is 0 Å². The van der Waals surface area contributed by atoms with Gasteiger partial charge in [0.25, 0.3) is 0 Å². The Hall–Kier alpha value is -1.59. The molecule has 1 aromatic rings. The molecule has 5 nitrogen and oxygen atoms in total. The lowest BCUT2D eigenvalue weighted by atomic mass is 9.86. The van der Waals surface area contributed by atoms with Crippen molar-refractivity contribution >= 4 is 6.03 Å². The van der Waals surface area contributed by atoms with E-state index in [1.807, 2.05) is 0 Å². The molecule has 144 valence electrons. The summed E-state index contributed by atoms with van der Waals surface area (Å²) >= 11 is 0. The van der Waals surface area contributed by atoms with Crippen LogP contribution in [0.5, 0.6) is 0 Å². The lowest BCUT2D eigenvalue weighted by Crippen LogP contribution is -2.54. The molecule has 2 atom stereocenters. The van der Waals surface area contributed by atoms with Crippen LogP contribution in [0.3, 0.4) is 0 Å². The SMILES string of the molecule is CC(C)(C)[C@@H](CN1CCc2ccccc2C1)NC(=O)NC[C@@H]1CCCO1. The molecular weight excluding hydrogens is 326 g/mol. The Morgan fingerprint density at radius 3 is 2.77 bits per heavy atom. The zero-order valence-corrected chi connectivity index (χ0v) is 16.4. The molecule has 1 saturated heterocycles. The molecule has 26 heavy (non-hydrogen) atoms. The molecule has 2 heterocycles. The van der Waals surface area contributed by atoms with E-state index in [2.05, 4.69) is 60.6 Å². The first kappa shape index (κ1) is 19.2. The Morgan fingerprint density at radius 2 is 2.08 bits per heavy atom. The average molecular weight is 360 g/mol. The summed E-state index contributed by atoms with van der Waals surface area (Å²) in [5.41, 5.74) is 2.87. The number of hydrogen-bond acceptors (Lipinski definition) is 3. The number of benzene rings is 1. The second-order valence-electron chi connectivity index (χ2n) is 8.66. The fraction of sp³-hybridized carbons (Fsp3) is 0.667. The molecule has 0 spiro atoms. The number of nitrogens with one attached hydrogen (secondary N) is 2. The number of carbonyl (C=O) groups excluding carboxylic acids is 1. The minimum atomic E-state index is -0.0853. The van der Waals surface area contributed by atoms with Crippen molar-refractivity contribution in [3.05, 3.63) is 35.4 Å². The van der Waals surface area contributed by atoms with Crippen LogP contribution in [-0.2, 0) is 17.7 Å². The summed E-state index contributed by atoms with van der Waals surface area (Å²) in [7, 11) is 0. The molecular formula is C21H33N3O2. The van der Waals surface area contributed by atoms with E-state index in [9.17, 15) is 4.79 Å². The Labute approximate surface area is 157 Å². The van der Waals surface area contributed by atoms with Crippen molar-refractivity contribution in [1.29, 1.82) is 0 Å². The van der Waals surface area contributed by atoms with Crippen molar-refractivity contribution in [2.75, 3.05) is 26.2 Å². The van der Waals surface area contributed by atoms with Gasteiger partial charge < -0.3 is 15.4 Å². The number of nitrogens with zero attached hydrogens (tertiary/aromatic N) is 1. The second-order valence-corrected chi connectivity index (χ2v) is 8.66. The molecule has 0 bridgehead atoms. The maximum atomic E-state index is 12.4. The van der Waals surface area contributed by atoms with Gasteiger partial charge in [-0.05, 0) is 35.8 Å². The number of rotatable bonds is 5. The third kappa shape index (κ3) is 5.21. The van der Waals surface area contributed by atoms with Gasteiger partial charge in [0.2, 0.25) is 0 Å². The van der Waals surface area contributed by atoms with Crippen molar-refractivity contribution in [3.63, 3.8) is 0 Å². The Morgan fingerprint density at radius 1 is 1.31 bits per heavy atom. The van der Waals surface area contributed by atoms with Crippen LogP contribution in [-0.4, -0.2) is 49.3 Å². The van der Waals surface area contributed by atoms with Gasteiger partial charge in [0, 0.05) is 38.8 Å². The van der Waals surface area contributed by atoms with Crippen LogP contribution in [0.25, 0.3) is 0 Å². The van der Waals surface area contributed by atoms with Crippen molar-refractivity contribution in [1.82, 2.24) is 15.5 Å². The highest BCUT2D eigenvalue weighted by Gasteiger charge is 2.29. The Balaban J connectivity index is 1.54. The predicted molar refractivity (Wildman–Crippen MR) is 104 cm³/mol. The quantitative estimate of drug-likeness (QED) is 0.850. The summed E-state index contributed by atoms with van der Waals surface area (Å²) in [6.45, 7) is 10.9. The third-order valence-corrected chi connectivity index (χ3v) is 5.52. The van der Waals surface area contributed by atoms with E-state index in [1.165, 1.54) is 11.1 Å². The van der Waals surface area contributed by atoms with Crippen LogP contribution >= 0.6 is 0 Å². The maximum Gasteiger partial charge on any atom is 0.315 e. The van der Waals surface area contributed by atoms with Gasteiger partial charge in [0.05, 0.1) is 6.10 Å². The highest BCUT2D eigenvalue weighted by atomic mass is 16.5. The molecule has 2 amide bonds. The van der Waals surface area contributed by atoms with E-state index in [4.69, 9.17) is 4.74 Å². The highest BCUT2D eigenvalue weighted by Crippen LogP contribution is 2.24. The normalized spacial score (nSPS) is 21.9. The standard InChI is InChI=1S/C21H33N3O2/c1-21(2,3)19(23-20(25)22-13-18-9-6-12-26-18)15-24-11-10-16-7-4-5-8-17(16)14-24/h4-5,7-8,18-19H,6,9-15H2,1-3H3,(H2,22,23,25)/t18-,19+/m0/s1. The van der Waals surface area contributed by atoms with Crippen LogP contribution < -0.4 is 10.6 Å². The molecule has 2 aliphatic rings. The summed E-state index contributed by atoms with van der Waals surface area (Å²) in [6.07, 6.45) is 3.39. The number of amides is 2. The first-order valence-corrected chi connectivity index (χ1v) is 9.87. The number of carbonyl (C=O) groups is 1. The molecule has 0 unspecified atom stereocenters. The zero-order chi connectivity index (χ0) is 18.6. The molecule has 5 heteroatoms. The minimum Gasteiger partial charge on any atom is -0.376 e. The number of urea groups is 1. The van der Waals surface area contributed by atoms with Gasteiger partial charge in [-0.3, -0.25) is 4.90 Å². The van der Waals surface area contributed by atoms with E-state index in [1.54, 1.807) is 0 Å². The van der Waals surface area contributed by atoms with Crippen molar-refractivity contribution in [2.45, 2.75) is 58.7 Å². The second kappa shape index (κ2) is 8.40. The predicted octanol–water partition coefficient (Wildman–Crippen LogP) is 2.94. The summed E-state index contributed by atoms with van der Waals surface area (Å²) in [6, 6.07) is 8.68. The van der Waals surface area contributed by atoms with Gasteiger partial charge in [0.15, 0.2) is 0 Å². The molecule has 2 N–H and O–H groups in total. The third-order valence-electron chi connectivity index (χ3n) is 5.52. The van der Waals surface area contributed by atoms with E-state index in [0.717, 1.165) is 45.5 Å². The van der Waals surface area contributed by atoms with Gasteiger partial charge in [-0.1, -0.05) is 45.0 Å². The zero-order valence-electron chi connectivity index (χ0n) is 16.4. The summed E-state index contributed by atoms with van der Waals surface area (Å²) < 4.78 is 5.58. The molecule has 2 aliphatic heterocycles. The van der Waals surface area contributed by atoms with Gasteiger partial charge in [-0.2, -0.15) is 0 Å². The molecule has 3 rings (SSSR count). The maximum absolute atomic E-state index is 12.4. The summed E-state index contributed by atoms with van der Waals surface area (Å²) in [5, 5.41) is 6.19. The van der Waals surface area contributed by atoms with E-state index in [-0.39, 0.29) is 23.6 Å². The fourth-order valence-corrected chi connectivity index (χ4v) is 3.73. The fourth-order valence-electron chi connectivity index (χ4n) is 3.73. The van der Waals surface area contributed by atoms with Crippen LogP contribution in [0, 0.1) is 5.41 Å². The largest absolute Gasteiger partial charge is 0.376 e. The van der Waals surface area contributed by atoms with E-state index >= 15 is 0 Å². The number of hydrogen-bond donors (Lipinski definition) is 2. The van der Waals surface area contributed by atoms with Gasteiger partial charge >= 0.3 is 6.03 Å². The van der Waals surface area contributed by atoms with Gasteiger partial charge in [-0.15, -0.1) is 0 Å². The van der Waals surface area contributed by atoms with Crippen molar-refractivity contribution < 1.29 is 9.53 Å². The lowest BCUT2D eigenvalue weighted by Gasteiger charge is -2.38. The van der Waals surface area contributed by atoms with E-state index in [0.29, 0.717) is 6.54 Å².